The van der Waals surface area contributed by atoms with Gasteiger partial charge in [0.15, 0.2) is 0 Å². The zero-order chi connectivity index (χ0) is 13.2. The zero-order valence-electron chi connectivity index (χ0n) is 9.37. The van der Waals surface area contributed by atoms with E-state index in [4.69, 9.17) is 10.3 Å². The van der Waals surface area contributed by atoms with Crippen LogP contribution in [0.25, 0.3) is 0 Å². The van der Waals surface area contributed by atoms with Crippen molar-refractivity contribution in [2.75, 3.05) is 11.1 Å². The van der Waals surface area contributed by atoms with Gasteiger partial charge in [-0.15, -0.1) is 0 Å². The van der Waals surface area contributed by atoms with Crippen molar-refractivity contribution in [2.24, 2.45) is 0 Å². The standard InChI is InChI=1S/C12H12N2O3S/c13-9-1-3-10(4-2-9)14-11-5-7-12(8-6-11)18(15,16)17/h1-8,14H,13H2,(H,15,16,17). The molecule has 0 heterocycles. The third-order valence-electron chi connectivity index (χ3n) is 2.35. The van der Waals surface area contributed by atoms with Crippen LogP contribution in [0.4, 0.5) is 17.1 Å². The van der Waals surface area contributed by atoms with E-state index < -0.39 is 10.1 Å². The summed E-state index contributed by atoms with van der Waals surface area (Å²) in [5, 5.41) is 3.08. The molecule has 2 aromatic carbocycles. The topological polar surface area (TPSA) is 92.4 Å². The lowest BCUT2D eigenvalue weighted by Crippen LogP contribution is -1.98. The minimum Gasteiger partial charge on any atom is -0.399 e. The summed E-state index contributed by atoms with van der Waals surface area (Å²) in [6.07, 6.45) is 0. The van der Waals surface area contributed by atoms with Crippen molar-refractivity contribution < 1.29 is 13.0 Å². The van der Waals surface area contributed by atoms with E-state index in [9.17, 15) is 8.42 Å². The molecule has 0 aromatic heterocycles. The lowest BCUT2D eigenvalue weighted by Gasteiger charge is -2.07. The Bertz CT molecular complexity index is 634. The molecule has 0 amide bonds. The number of benzene rings is 2. The molecule has 18 heavy (non-hydrogen) atoms. The number of rotatable bonds is 3. The van der Waals surface area contributed by atoms with Gasteiger partial charge in [0.25, 0.3) is 10.1 Å². The van der Waals surface area contributed by atoms with Crippen molar-refractivity contribution in [1.82, 2.24) is 0 Å². The average molecular weight is 264 g/mol. The summed E-state index contributed by atoms with van der Waals surface area (Å²) in [4.78, 5) is -0.134. The molecule has 0 saturated carbocycles. The van der Waals surface area contributed by atoms with E-state index in [-0.39, 0.29) is 4.90 Å². The van der Waals surface area contributed by atoms with Gasteiger partial charge in [0, 0.05) is 17.1 Å². The van der Waals surface area contributed by atoms with Gasteiger partial charge in [-0.05, 0) is 48.5 Å². The van der Waals surface area contributed by atoms with E-state index in [1.807, 2.05) is 12.1 Å². The Labute approximate surface area is 105 Å². The van der Waals surface area contributed by atoms with Crippen LogP contribution in [-0.4, -0.2) is 13.0 Å². The van der Waals surface area contributed by atoms with Crippen molar-refractivity contribution in [2.45, 2.75) is 4.90 Å². The molecule has 0 aliphatic rings. The fraction of sp³-hybridized carbons (Fsp3) is 0. The summed E-state index contributed by atoms with van der Waals surface area (Å²) >= 11 is 0. The smallest absolute Gasteiger partial charge is 0.294 e. The molecule has 4 N–H and O–H groups in total. The van der Waals surface area contributed by atoms with Crippen molar-refractivity contribution in [3.8, 4) is 0 Å². The van der Waals surface area contributed by atoms with Crippen LogP contribution in [0.5, 0.6) is 0 Å². The summed E-state index contributed by atoms with van der Waals surface area (Å²) in [6, 6.07) is 12.9. The van der Waals surface area contributed by atoms with Gasteiger partial charge in [-0.2, -0.15) is 8.42 Å². The van der Waals surface area contributed by atoms with Gasteiger partial charge in [-0.1, -0.05) is 0 Å². The van der Waals surface area contributed by atoms with Crippen molar-refractivity contribution in [3.05, 3.63) is 48.5 Å². The molecule has 0 aliphatic carbocycles. The first kappa shape index (κ1) is 12.4. The molecule has 0 aliphatic heterocycles. The van der Waals surface area contributed by atoms with E-state index in [2.05, 4.69) is 5.32 Å². The predicted octanol–water partition coefficient (Wildman–Crippen LogP) is 2.26. The largest absolute Gasteiger partial charge is 0.399 e. The normalized spacial score (nSPS) is 11.2. The molecule has 2 aromatic rings. The number of anilines is 3. The second kappa shape index (κ2) is 4.67. The highest BCUT2D eigenvalue weighted by molar-refractivity contribution is 7.85. The second-order valence-electron chi connectivity index (χ2n) is 3.75. The third-order valence-corrected chi connectivity index (χ3v) is 3.22. The first-order valence-electron chi connectivity index (χ1n) is 5.15. The summed E-state index contributed by atoms with van der Waals surface area (Å²) in [5.41, 5.74) is 7.79. The molecule has 0 atom stereocenters. The highest BCUT2D eigenvalue weighted by Gasteiger charge is 2.08. The van der Waals surface area contributed by atoms with Crippen LogP contribution >= 0.6 is 0 Å². The molecule has 0 saturated heterocycles. The van der Waals surface area contributed by atoms with Gasteiger partial charge in [0.2, 0.25) is 0 Å². The zero-order valence-corrected chi connectivity index (χ0v) is 10.2. The maximum Gasteiger partial charge on any atom is 0.294 e. The Kier molecular flexibility index (Phi) is 3.22. The summed E-state index contributed by atoms with van der Waals surface area (Å²) in [5.74, 6) is 0. The van der Waals surface area contributed by atoms with E-state index >= 15 is 0 Å². The first-order chi connectivity index (χ1) is 8.45. The third kappa shape index (κ3) is 2.99. The van der Waals surface area contributed by atoms with Crippen molar-refractivity contribution in [3.63, 3.8) is 0 Å². The van der Waals surface area contributed by atoms with Gasteiger partial charge in [0.1, 0.15) is 0 Å². The molecule has 0 spiro atoms. The maximum absolute atomic E-state index is 10.9. The van der Waals surface area contributed by atoms with Crippen LogP contribution < -0.4 is 11.1 Å². The van der Waals surface area contributed by atoms with Crippen LogP contribution in [0.1, 0.15) is 0 Å². The first-order valence-corrected chi connectivity index (χ1v) is 6.59. The minimum absolute atomic E-state index is 0.134. The van der Waals surface area contributed by atoms with E-state index in [1.54, 1.807) is 24.3 Å². The van der Waals surface area contributed by atoms with Crippen LogP contribution in [0.3, 0.4) is 0 Å². The Hall–Kier alpha value is -2.05. The summed E-state index contributed by atoms with van der Waals surface area (Å²) in [6.45, 7) is 0. The van der Waals surface area contributed by atoms with Crippen molar-refractivity contribution in [1.29, 1.82) is 0 Å². The van der Waals surface area contributed by atoms with Gasteiger partial charge >= 0.3 is 0 Å². The summed E-state index contributed by atoms with van der Waals surface area (Å²) in [7, 11) is -4.14. The molecule has 0 radical (unpaired) electrons. The van der Waals surface area contributed by atoms with Crippen LogP contribution in [0.15, 0.2) is 53.4 Å². The quantitative estimate of drug-likeness (QED) is 0.584. The van der Waals surface area contributed by atoms with Gasteiger partial charge in [-0.25, -0.2) is 0 Å². The molecular weight excluding hydrogens is 252 g/mol. The molecular formula is C12H12N2O3S. The number of nitrogen functional groups attached to an aromatic ring is 1. The Morgan fingerprint density at radius 1 is 0.889 bits per heavy atom. The van der Waals surface area contributed by atoms with Crippen LogP contribution in [0.2, 0.25) is 0 Å². The molecule has 5 nitrogen and oxygen atoms in total. The Morgan fingerprint density at radius 2 is 1.33 bits per heavy atom. The lowest BCUT2D eigenvalue weighted by atomic mass is 10.2. The molecule has 0 fully saturated rings. The lowest BCUT2D eigenvalue weighted by molar-refractivity contribution is 0.483. The monoisotopic (exact) mass is 264 g/mol. The van der Waals surface area contributed by atoms with Gasteiger partial charge < -0.3 is 11.1 Å². The predicted molar refractivity (Wildman–Crippen MR) is 70.4 cm³/mol. The van der Waals surface area contributed by atoms with Crippen LogP contribution in [0, 0.1) is 0 Å². The minimum atomic E-state index is -4.14. The molecule has 94 valence electrons. The van der Waals surface area contributed by atoms with Gasteiger partial charge in [-0.3, -0.25) is 4.55 Å². The fourth-order valence-corrected chi connectivity index (χ4v) is 1.92. The summed E-state index contributed by atoms with van der Waals surface area (Å²) < 4.78 is 30.6. The number of nitrogens with one attached hydrogen (secondary N) is 1. The SMILES string of the molecule is Nc1ccc(Nc2ccc(S(=O)(=O)O)cc2)cc1. The Morgan fingerprint density at radius 3 is 1.78 bits per heavy atom. The molecule has 0 bridgehead atoms. The highest BCUT2D eigenvalue weighted by atomic mass is 32.2. The van der Waals surface area contributed by atoms with Gasteiger partial charge in [0.05, 0.1) is 4.90 Å². The van der Waals surface area contributed by atoms with E-state index in [0.29, 0.717) is 11.4 Å². The number of hydrogen-bond acceptors (Lipinski definition) is 4. The van der Waals surface area contributed by atoms with Crippen molar-refractivity contribution >= 4 is 27.2 Å². The second-order valence-corrected chi connectivity index (χ2v) is 5.17. The van der Waals surface area contributed by atoms with E-state index in [1.165, 1.54) is 12.1 Å². The maximum atomic E-state index is 10.9. The molecule has 0 unspecified atom stereocenters. The number of nitrogens with two attached hydrogens (primary N) is 1. The fourth-order valence-electron chi connectivity index (χ4n) is 1.44. The van der Waals surface area contributed by atoms with Crippen LogP contribution in [-0.2, 0) is 10.1 Å². The molecule has 2 rings (SSSR count). The average Bonchev–Trinajstić information content (AvgIpc) is 2.32. The van der Waals surface area contributed by atoms with E-state index in [0.717, 1.165) is 5.69 Å². The Balaban J connectivity index is 2.18. The number of hydrogen-bond donors (Lipinski definition) is 3. The molecule has 6 heteroatoms. The highest BCUT2D eigenvalue weighted by Crippen LogP contribution is 2.19.